The van der Waals surface area contributed by atoms with Crippen LogP contribution in [0, 0.1) is 5.82 Å². The van der Waals surface area contributed by atoms with Gasteiger partial charge < -0.3 is 10.3 Å². The largest absolute Gasteiger partial charge is 0.336 e. The molecule has 0 saturated carbocycles. The van der Waals surface area contributed by atoms with E-state index in [0.717, 1.165) is 11.4 Å². The van der Waals surface area contributed by atoms with E-state index >= 15 is 0 Å². The van der Waals surface area contributed by atoms with Crippen LogP contribution in [0.5, 0.6) is 0 Å². The standard InChI is InChI=1S/C11H11BrFN3/c1-16-5-4-15-11(16)10(14)7-2-3-9(13)8(12)6-7/h2-6,10H,14H2,1H3. The molecular weight excluding hydrogens is 273 g/mol. The first-order valence-corrected chi connectivity index (χ1v) is 5.56. The first-order chi connectivity index (χ1) is 7.59. The van der Waals surface area contributed by atoms with Gasteiger partial charge in [-0.15, -0.1) is 0 Å². The van der Waals surface area contributed by atoms with Gasteiger partial charge in [-0.25, -0.2) is 9.37 Å². The molecular formula is C11H11BrFN3. The van der Waals surface area contributed by atoms with Gasteiger partial charge in [0.05, 0.1) is 10.5 Å². The Bertz CT molecular complexity index is 510. The second-order valence-corrected chi connectivity index (χ2v) is 4.40. The van der Waals surface area contributed by atoms with Gasteiger partial charge in [-0.05, 0) is 33.6 Å². The van der Waals surface area contributed by atoms with E-state index in [1.54, 1.807) is 18.3 Å². The third kappa shape index (κ3) is 2.01. The van der Waals surface area contributed by atoms with Crippen LogP contribution in [-0.4, -0.2) is 9.55 Å². The number of aryl methyl sites for hydroxylation is 1. The summed E-state index contributed by atoms with van der Waals surface area (Å²) in [6.07, 6.45) is 3.52. The Balaban J connectivity index is 2.38. The van der Waals surface area contributed by atoms with Gasteiger partial charge in [0.15, 0.2) is 0 Å². The number of hydrogen-bond acceptors (Lipinski definition) is 2. The van der Waals surface area contributed by atoms with Crippen molar-refractivity contribution >= 4 is 15.9 Å². The highest BCUT2D eigenvalue weighted by Crippen LogP contribution is 2.23. The molecule has 1 unspecified atom stereocenters. The Morgan fingerprint density at radius 1 is 1.50 bits per heavy atom. The number of halogens is 2. The second-order valence-electron chi connectivity index (χ2n) is 3.55. The zero-order valence-electron chi connectivity index (χ0n) is 8.69. The molecule has 3 nitrogen and oxygen atoms in total. The van der Waals surface area contributed by atoms with Crippen LogP contribution in [0.4, 0.5) is 4.39 Å². The minimum absolute atomic E-state index is 0.296. The lowest BCUT2D eigenvalue weighted by molar-refractivity contribution is 0.618. The number of nitrogens with zero attached hydrogens (tertiary/aromatic N) is 2. The van der Waals surface area contributed by atoms with Crippen LogP contribution in [0.15, 0.2) is 35.1 Å². The third-order valence-electron chi connectivity index (χ3n) is 2.44. The molecule has 1 aromatic heterocycles. The van der Waals surface area contributed by atoms with Crippen molar-refractivity contribution in [3.8, 4) is 0 Å². The molecule has 0 amide bonds. The van der Waals surface area contributed by atoms with Crippen LogP contribution in [0.3, 0.4) is 0 Å². The van der Waals surface area contributed by atoms with E-state index in [2.05, 4.69) is 20.9 Å². The molecule has 1 aromatic carbocycles. The van der Waals surface area contributed by atoms with Gasteiger partial charge >= 0.3 is 0 Å². The fraction of sp³-hybridized carbons (Fsp3) is 0.182. The van der Waals surface area contributed by atoms with Crippen molar-refractivity contribution in [3.63, 3.8) is 0 Å². The summed E-state index contributed by atoms with van der Waals surface area (Å²) in [5.41, 5.74) is 6.88. The molecule has 5 heteroatoms. The minimum atomic E-state index is -0.350. The van der Waals surface area contributed by atoms with E-state index in [1.807, 2.05) is 17.8 Å². The summed E-state index contributed by atoms with van der Waals surface area (Å²) < 4.78 is 15.3. The Labute approximate surface area is 101 Å². The maximum Gasteiger partial charge on any atom is 0.137 e. The SMILES string of the molecule is Cn1ccnc1C(N)c1ccc(F)c(Br)c1. The molecule has 1 heterocycles. The maximum absolute atomic E-state index is 13.1. The average Bonchev–Trinajstić information content (AvgIpc) is 2.67. The van der Waals surface area contributed by atoms with E-state index in [-0.39, 0.29) is 11.9 Å². The van der Waals surface area contributed by atoms with Gasteiger partial charge in [0.1, 0.15) is 11.6 Å². The first-order valence-electron chi connectivity index (χ1n) is 4.77. The number of aromatic nitrogens is 2. The van der Waals surface area contributed by atoms with Crippen LogP contribution >= 0.6 is 15.9 Å². The van der Waals surface area contributed by atoms with Crippen LogP contribution in [0.25, 0.3) is 0 Å². The normalized spacial score (nSPS) is 12.8. The highest BCUT2D eigenvalue weighted by molar-refractivity contribution is 9.10. The number of imidazole rings is 1. The molecule has 2 N–H and O–H groups in total. The Morgan fingerprint density at radius 3 is 2.81 bits per heavy atom. The Hall–Kier alpha value is -1.20. The van der Waals surface area contributed by atoms with Crippen LogP contribution in [0.2, 0.25) is 0 Å². The topological polar surface area (TPSA) is 43.8 Å². The first kappa shape index (κ1) is 11.3. The van der Waals surface area contributed by atoms with Gasteiger partial charge in [-0.2, -0.15) is 0 Å². The predicted octanol–water partition coefficient (Wildman–Crippen LogP) is 2.37. The van der Waals surface area contributed by atoms with Crippen LogP contribution in [-0.2, 0) is 7.05 Å². The summed E-state index contributed by atoms with van der Waals surface area (Å²) >= 11 is 3.14. The molecule has 84 valence electrons. The molecule has 0 radical (unpaired) electrons. The molecule has 2 rings (SSSR count). The maximum atomic E-state index is 13.1. The number of hydrogen-bond donors (Lipinski definition) is 1. The van der Waals surface area contributed by atoms with Crippen LogP contribution < -0.4 is 5.73 Å². The second kappa shape index (κ2) is 4.35. The van der Waals surface area contributed by atoms with Gasteiger partial charge in [0.25, 0.3) is 0 Å². The number of nitrogens with two attached hydrogens (primary N) is 1. The van der Waals surface area contributed by atoms with Crippen molar-refractivity contribution in [1.82, 2.24) is 9.55 Å². The lowest BCUT2D eigenvalue weighted by Gasteiger charge is -2.12. The lowest BCUT2D eigenvalue weighted by atomic mass is 10.1. The van der Waals surface area contributed by atoms with Gasteiger partial charge in [0.2, 0.25) is 0 Å². The van der Waals surface area contributed by atoms with E-state index < -0.39 is 0 Å². The predicted molar refractivity (Wildman–Crippen MR) is 63.3 cm³/mol. The minimum Gasteiger partial charge on any atom is -0.336 e. The number of rotatable bonds is 2. The molecule has 0 aliphatic carbocycles. The van der Waals surface area contributed by atoms with E-state index in [4.69, 9.17) is 5.73 Å². The monoisotopic (exact) mass is 283 g/mol. The zero-order chi connectivity index (χ0) is 11.7. The Morgan fingerprint density at radius 2 is 2.25 bits per heavy atom. The fourth-order valence-electron chi connectivity index (χ4n) is 1.53. The molecule has 0 aliphatic heterocycles. The Kier molecular flexibility index (Phi) is 3.07. The van der Waals surface area contributed by atoms with Crippen molar-refractivity contribution in [1.29, 1.82) is 0 Å². The summed E-state index contributed by atoms with van der Waals surface area (Å²) in [4.78, 5) is 4.17. The molecule has 0 bridgehead atoms. The molecule has 2 aromatic rings. The van der Waals surface area contributed by atoms with E-state index in [9.17, 15) is 4.39 Å². The van der Waals surface area contributed by atoms with E-state index in [1.165, 1.54) is 6.07 Å². The zero-order valence-corrected chi connectivity index (χ0v) is 10.3. The molecule has 0 spiro atoms. The fourth-order valence-corrected chi connectivity index (χ4v) is 1.93. The van der Waals surface area contributed by atoms with Crippen molar-refractivity contribution < 1.29 is 4.39 Å². The molecule has 16 heavy (non-hydrogen) atoms. The van der Waals surface area contributed by atoms with Gasteiger partial charge in [-0.3, -0.25) is 0 Å². The molecule has 1 atom stereocenters. The molecule has 0 fully saturated rings. The summed E-state index contributed by atoms with van der Waals surface area (Å²) in [7, 11) is 1.88. The quantitative estimate of drug-likeness (QED) is 0.920. The summed E-state index contributed by atoms with van der Waals surface area (Å²) in [6, 6.07) is 4.38. The lowest BCUT2D eigenvalue weighted by Crippen LogP contribution is -2.16. The average molecular weight is 284 g/mol. The number of benzene rings is 1. The highest BCUT2D eigenvalue weighted by atomic mass is 79.9. The van der Waals surface area contributed by atoms with Crippen molar-refractivity contribution in [3.05, 3.63) is 52.3 Å². The van der Waals surface area contributed by atoms with Crippen molar-refractivity contribution in [2.75, 3.05) is 0 Å². The smallest absolute Gasteiger partial charge is 0.137 e. The van der Waals surface area contributed by atoms with E-state index in [0.29, 0.717) is 4.47 Å². The third-order valence-corrected chi connectivity index (χ3v) is 3.05. The molecule has 0 aliphatic rings. The highest BCUT2D eigenvalue weighted by Gasteiger charge is 2.14. The summed E-state index contributed by atoms with van der Waals surface area (Å²) in [5.74, 6) is 0.453. The summed E-state index contributed by atoms with van der Waals surface area (Å²) in [5, 5.41) is 0. The molecule has 0 saturated heterocycles. The van der Waals surface area contributed by atoms with Crippen molar-refractivity contribution in [2.24, 2.45) is 12.8 Å². The van der Waals surface area contributed by atoms with Crippen LogP contribution in [0.1, 0.15) is 17.4 Å². The summed E-state index contributed by atoms with van der Waals surface area (Å²) in [6.45, 7) is 0. The van der Waals surface area contributed by atoms with Crippen molar-refractivity contribution in [2.45, 2.75) is 6.04 Å². The van der Waals surface area contributed by atoms with Gasteiger partial charge in [0, 0.05) is 19.4 Å². The van der Waals surface area contributed by atoms with Gasteiger partial charge in [-0.1, -0.05) is 6.07 Å².